The van der Waals surface area contributed by atoms with Crippen LogP contribution in [0.2, 0.25) is 0 Å². The SMILES string of the molecule is CCc1nc2cc(C3CCCCN3C(=O)c3cc(C)ccc3NS(C)(=O)=O)nn2c(N(C)C)c1CC. The number of piperidine rings is 1. The highest BCUT2D eigenvalue weighted by atomic mass is 32.2. The van der Waals surface area contributed by atoms with Gasteiger partial charge in [0, 0.05) is 38.0 Å². The maximum absolute atomic E-state index is 13.9. The Labute approximate surface area is 213 Å². The highest BCUT2D eigenvalue weighted by molar-refractivity contribution is 7.92. The molecule has 1 fully saturated rings. The number of nitrogens with zero attached hydrogens (tertiary/aromatic N) is 5. The lowest BCUT2D eigenvalue weighted by Gasteiger charge is -2.35. The Morgan fingerprint density at radius 1 is 1.17 bits per heavy atom. The first-order chi connectivity index (χ1) is 17.0. The van der Waals surface area contributed by atoms with Crippen LogP contribution in [0.5, 0.6) is 0 Å². The predicted molar refractivity (Wildman–Crippen MR) is 143 cm³/mol. The number of hydrogen-bond acceptors (Lipinski definition) is 6. The molecule has 3 heterocycles. The summed E-state index contributed by atoms with van der Waals surface area (Å²) in [6.45, 7) is 6.71. The number of sulfonamides is 1. The molecule has 9 nitrogen and oxygen atoms in total. The Kier molecular flexibility index (Phi) is 7.26. The molecule has 0 saturated carbocycles. The van der Waals surface area contributed by atoms with Gasteiger partial charge in [0.05, 0.1) is 29.2 Å². The molecule has 1 aliphatic rings. The maximum atomic E-state index is 13.9. The molecule has 2 aromatic heterocycles. The largest absolute Gasteiger partial charge is 0.362 e. The average molecular weight is 513 g/mol. The molecule has 1 aliphatic heterocycles. The summed E-state index contributed by atoms with van der Waals surface area (Å²) in [5.74, 6) is 0.813. The molecule has 10 heteroatoms. The van der Waals surface area contributed by atoms with Gasteiger partial charge in [0.15, 0.2) is 5.65 Å². The second-order valence-electron chi connectivity index (χ2n) is 9.73. The van der Waals surface area contributed by atoms with E-state index in [9.17, 15) is 13.2 Å². The van der Waals surface area contributed by atoms with E-state index in [0.29, 0.717) is 17.8 Å². The van der Waals surface area contributed by atoms with Crippen molar-refractivity contribution >= 4 is 33.1 Å². The zero-order valence-electron chi connectivity index (χ0n) is 22.0. The number of rotatable bonds is 7. The van der Waals surface area contributed by atoms with E-state index in [1.165, 1.54) is 5.56 Å². The smallest absolute Gasteiger partial charge is 0.256 e. The fourth-order valence-corrected chi connectivity index (χ4v) is 5.70. The summed E-state index contributed by atoms with van der Waals surface area (Å²) in [5.41, 5.74) is 5.35. The summed E-state index contributed by atoms with van der Waals surface area (Å²) in [4.78, 5) is 22.7. The van der Waals surface area contributed by atoms with E-state index >= 15 is 0 Å². The van der Waals surface area contributed by atoms with Crippen molar-refractivity contribution in [3.8, 4) is 0 Å². The van der Waals surface area contributed by atoms with Crippen molar-refractivity contribution in [3.63, 3.8) is 0 Å². The lowest BCUT2D eigenvalue weighted by molar-refractivity contribution is 0.0606. The zero-order chi connectivity index (χ0) is 26.2. The Balaban J connectivity index is 1.80. The van der Waals surface area contributed by atoms with Gasteiger partial charge < -0.3 is 9.80 Å². The quantitative estimate of drug-likeness (QED) is 0.514. The van der Waals surface area contributed by atoms with E-state index in [2.05, 4.69) is 23.5 Å². The summed E-state index contributed by atoms with van der Waals surface area (Å²) in [5, 5.41) is 4.97. The Bertz CT molecular complexity index is 1400. The third-order valence-electron chi connectivity index (χ3n) is 6.70. The molecular weight excluding hydrogens is 476 g/mol. The van der Waals surface area contributed by atoms with Gasteiger partial charge in [-0.3, -0.25) is 9.52 Å². The third kappa shape index (κ3) is 5.04. The molecule has 0 bridgehead atoms. The van der Waals surface area contributed by atoms with Crippen molar-refractivity contribution in [2.75, 3.05) is 36.5 Å². The van der Waals surface area contributed by atoms with E-state index in [0.717, 1.165) is 66.8 Å². The molecule has 4 rings (SSSR count). The molecule has 1 amide bonds. The first-order valence-corrected chi connectivity index (χ1v) is 14.4. The number of hydrogen-bond donors (Lipinski definition) is 1. The van der Waals surface area contributed by atoms with Crippen molar-refractivity contribution in [1.29, 1.82) is 0 Å². The van der Waals surface area contributed by atoms with Gasteiger partial charge in [-0.05, 0) is 51.2 Å². The van der Waals surface area contributed by atoms with Crippen molar-refractivity contribution in [3.05, 3.63) is 52.3 Å². The highest BCUT2D eigenvalue weighted by Crippen LogP contribution is 2.35. The molecular formula is C26H36N6O3S. The highest BCUT2D eigenvalue weighted by Gasteiger charge is 2.32. The van der Waals surface area contributed by atoms with E-state index in [1.54, 1.807) is 18.2 Å². The molecule has 0 spiro atoms. The number of carbonyl (C=O) groups excluding carboxylic acids is 1. The molecule has 36 heavy (non-hydrogen) atoms. The van der Waals surface area contributed by atoms with Crippen molar-refractivity contribution in [1.82, 2.24) is 19.5 Å². The Morgan fingerprint density at radius 3 is 2.56 bits per heavy atom. The van der Waals surface area contributed by atoms with Gasteiger partial charge in [0.1, 0.15) is 5.82 Å². The minimum absolute atomic E-state index is 0.198. The van der Waals surface area contributed by atoms with Gasteiger partial charge in [-0.25, -0.2) is 13.4 Å². The number of fused-ring (bicyclic) bond motifs is 1. The van der Waals surface area contributed by atoms with Crippen LogP contribution in [0.4, 0.5) is 11.5 Å². The van der Waals surface area contributed by atoms with E-state index < -0.39 is 10.0 Å². The van der Waals surface area contributed by atoms with Crippen LogP contribution in [0.15, 0.2) is 24.3 Å². The molecule has 0 aliphatic carbocycles. The number of likely N-dealkylation sites (tertiary alicyclic amines) is 1. The van der Waals surface area contributed by atoms with Crippen LogP contribution in [0.3, 0.4) is 0 Å². The second kappa shape index (κ2) is 10.1. The number of benzene rings is 1. The van der Waals surface area contributed by atoms with Gasteiger partial charge in [0.2, 0.25) is 10.0 Å². The number of aromatic nitrogens is 3. The fraction of sp³-hybridized carbons (Fsp3) is 0.500. The molecule has 1 unspecified atom stereocenters. The standard InChI is InChI=1S/C26H36N6O3S/c1-7-18-20(8-2)27-24-16-22(28-32(24)25(18)30(4)5)23-11-9-10-14-31(23)26(33)19-15-17(3)12-13-21(19)29-36(6,34)35/h12-13,15-16,23,29H,7-11,14H2,1-6H3. The lowest BCUT2D eigenvalue weighted by Crippen LogP contribution is -2.39. The number of anilines is 2. The summed E-state index contributed by atoms with van der Waals surface area (Å²) in [7, 11) is 0.491. The van der Waals surface area contributed by atoms with Gasteiger partial charge >= 0.3 is 0 Å². The molecule has 0 radical (unpaired) electrons. The van der Waals surface area contributed by atoms with Crippen LogP contribution >= 0.6 is 0 Å². The Morgan fingerprint density at radius 2 is 1.92 bits per heavy atom. The van der Waals surface area contributed by atoms with E-state index in [1.807, 2.05) is 36.5 Å². The monoisotopic (exact) mass is 512 g/mol. The lowest BCUT2D eigenvalue weighted by atomic mass is 9.97. The van der Waals surface area contributed by atoms with Crippen LogP contribution in [-0.2, 0) is 22.9 Å². The molecule has 194 valence electrons. The Hall–Kier alpha value is -3.14. The molecule has 1 saturated heterocycles. The minimum atomic E-state index is -3.54. The van der Waals surface area contributed by atoms with Crippen LogP contribution in [0, 0.1) is 6.92 Å². The molecule has 1 atom stereocenters. The van der Waals surface area contributed by atoms with Crippen LogP contribution in [0.1, 0.15) is 72.0 Å². The van der Waals surface area contributed by atoms with Crippen molar-refractivity contribution < 1.29 is 13.2 Å². The zero-order valence-corrected chi connectivity index (χ0v) is 22.8. The fourth-order valence-electron chi connectivity index (χ4n) is 5.12. The van der Waals surface area contributed by atoms with Crippen molar-refractivity contribution in [2.45, 2.75) is 58.9 Å². The second-order valence-corrected chi connectivity index (χ2v) is 11.5. The van der Waals surface area contributed by atoms with Crippen molar-refractivity contribution in [2.24, 2.45) is 0 Å². The summed E-state index contributed by atoms with van der Waals surface area (Å²) in [6, 6.07) is 6.97. The van der Waals surface area contributed by atoms with Crippen LogP contribution in [-0.4, -0.2) is 60.7 Å². The molecule has 3 aromatic rings. The number of carbonyl (C=O) groups is 1. The van der Waals surface area contributed by atoms with Gasteiger partial charge in [-0.15, -0.1) is 0 Å². The first-order valence-electron chi connectivity index (χ1n) is 12.5. The summed E-state index contributed by atoms with van der Waals surface area (Å²) >= 11 is 0. The minimum Gasteiger partial charge on any atom is -0.362 e. The first kappa shape index (κ1) is 25.9. The molecule has 1 N–H and O–H groups in total. The van der Waals surface area contributed by atoms with Crippen LogP contribution in [0.25, 0.3) is 5.65 Å². The third-order valence-corrected chi connectivity index (χ3v) is 7.29. The van der Waals surface area contributed by atoms with Gasteiger partial charge in [-0.2, -0.15) is 9.61 Å². The normalized spacial score (nSPS) is 16.4. The summed E-state index contributed by atoms with van der Waals surface area (Å²) in [6.07, 6.45) is 5.43. The number of aryl methyl sites for hydroxylation is 2. The maximum Gasteiger partial charge on any atom is 0.256 e. The summed E-state index contributed by atoms with van der Waals surface area (Å²) < 4.78 is 28.3. The van der Waals surface area contributed by atoms with Gasteiger partial charge in [0.25, 0.3) is 5.91 Å². The van der Waals surface area contributed by atoms with Gasteiger partial charge in [-0.1, -0.05) is 25.5 Å². The van der Waals surface area contributed by atoms with Crippen LogP contribution < -0.4 is 9.62 Å². The van der Waals surface area contributed by atoms with E-state index in [-0.39, 0.29) is 11.9 Å². The molecule has 1 aromatic carbocycles. The topological polar surface area (TPSA) is 99.9 Å². The predicted octanol–water partition coefficient (Wildman–Crippen LogP) is 3.97. The van der Waals surface area contributed by atoms with E-state index in [4.69, 9.17) is 10.1 Å². The average Bonchev–Trinajstić information content (AvgIpc) is 3.25. The number of amides is 1. The number of nitrogens with one attached hydrogen (secondary N) is 1.